The number of halogens is 1. The molecule has 0 aromatic heterocycles. The van der Waals surface area contributed by atoms with Crippen LogP contribution in [0.2, 0.25) is 0 Å². The van der Waals surface area contributed by atoms with Gasteiger partial charge in [0.05, 0.1) is 5.75 Å². The number of hydrogen-bond donors (Lipinski definition) is 1. The molecule has 6 nitrogen and oxygen atoms in total. The van der Waals surface area contributed by atoms with Gasteiger partial charge in [-0.3, -0.25) is 4.99 Å². The van der Waals surface area contributed by atoms with Gasteiger partial charge in [0.2, 0.25) is 10.0 Å². The topological polar surface area (TPSA) is 65.0 Å². The average molecular weight is 482 g/mol. The maximum Gasteiger partial charge on any atom is 0.213 e. The molecule has 0 unspecified atom stereocenters. The summed E-state index contributed by atoms with van der Waals surface area (Å²) in [7, 11) is 2.26. The van der Waals surface area contributed by atoms with Crippen LogP contribution in [-0.2, 0) is 16.6 Å². The monoisotopic (exact) mass is 482 g/mol. The molecule has 1 rings (SSSR count). The highest BCUT2D eigenvalue weighted by Crippen LogP contribution is 2.06. The summed E-state index contributed by atoms with van der Waals surface area (Å²) in [6, 6.07) is 8.43. The largest absolute Gasteiger partial charge is 0.356 e. The molecule has 0 saturated carbocycles. The van der Waals surface area contributed by atoms with Gasteiger partial charge in [0, 0.05) is 40.8 Å². The van der Waals surface area contributed by atoms with Crippen LogP contribution in [0, 0.1) is 6.92 Å². The number of rotatable bonds is 8. The Balaban J connectivity index is 0.00000576. The van der Waals surface area contributed by atoms with Crippen LogP contribution >= 0.6 is 24.0 Å². The fraction of sp³-hybridized carbons (Fsp3) is 0.588. The van der Waals surface area contributed by atoms with Crippen LogP contribution in [0.25, 0.3) is 0 Å². The smallest absolute Gasteiger partial charge is 0.213 e. The van der Waals surface area contributed by atoms with Crippen molar-refractivity contribution in [1.29, 1.82) is 0 Å². The first-order valence-corrected chi connectivity index (χ1v) is 9.82. The third-order valence-electron chi connectivity index (χ3n) is 3.89. The standard InChI is InChI=1S/C17H30N4O2S.HI/c1-6-24(22,23)21(5)13-7-12-19-17(18-3)20(4)14-16-10-8-15(2)9-11-16;/h8-11H,6-7,12-14H2,1-5H3,(H,18,19);1H. The highest BCUT2D eigenvalue weighted by Gasteiger charge is 2.14. The van der Waals surface area contributed by atoms with Gasteiger partial charge in [-0.2, -0.15) is 0 Å². The average Bonchev–Trinajstić information content (AvgIpc) is 2.56. The summed E-state index contributed by atoms with van der Waals surface area (Å²) in [5.41, 5.74) is 2.47. The summed E-state index contributed by atoms with van der Waals surface area (Å²) in [4.78, 5) is 6.34. The minimum atomic E-state index is -3.10. The number of aryl methyl sites for hydroxylation is 1. The zero-order valence-corrected chi connectivity index (χ0v) is 19.0. The maximum atomic E-state index is 11.7. The minimum absolute atomic E-state index is 0. The molecule has 8 heteroatoms. The van der Waals surface area contributed by atoms with Gasteiger partial charge < -0.3 is 10.2 Å². The number of hydrogen-bond acceptors (Lipinski definition) is 3. The van der Waals surface area contributed by atoms with Gasteiger partial charge in [0.1, 0.15) is 0 Å². The summed E-state index contributed by atoms with van der Waals surface area (Å²) in [5, 5.41) is 3.28. The Morgan fingerprint density at radius 3 is 2.32 bits per heavy atom. The molecule has 0 heterocycles. The van der Waals surface area contributed by atoms with Gasteiger partial charge in [-0.05, 0) is 25.8 Å². The minimum Gasteiger partial charge on any atom is -0.356 e. The van der Waals surface area contributed by atoms with Gasteiger partial charge in [-0.25, -0.2) is 12.7 Å². The number of benzene rings is 1. The molecule has 0 amide bonds. The predicted molar refractivity (Wildman–Crippen MR) is 116 cm³/mol. The molecule has 1 aromatic rings. The van der Waals surface area contributed by atoms with Gasteiger partial charge in [0.15, 0.2) is 5.96 Å². The quantitative estimate of drug-likeness (QED) is 0.267. The third kappa shape index (κ3) is 8.37. The van der Waals surface area contributed by atoms with E-state index in [1.54, 1.807) is 21.0 Å². The molecule has 0 aliphatic heterocycles. The molecule has 0 spiro atoms. The molecule has 0 aliphatic carbocycles. The SMILES string of the molecule is CCS(=O)(=O)N(C)CCCNC(=NC)N(C)Cc1ccc(C)cc1.I. The van der Waals surface area contributed by atoms with Crippen molar-refractivity contribution in [2.75, 3.05) is 40.0 Å². The molecule has 0 saturated heterocycles. The highest BCUT2D eigenvalue weighted by atomic mass is 127. The van der Waals surface area contributed by atoms with Crippen molar-refractivity contribution in [2.24, 2.45) is 4.99 Å². The van der Waals surface area contributed by atoms with Crippen molar-refractivity contribution < 1.29 is 8.42 Å². The Hall–Kier alpha value is -0.870. The number of nitrogens with zero attached hydrogens (tertiary/aromatic N) is 3. The second-order valence-electron chi connectivity index (χ2n) is 5.89. The van der Waals surface area contributed by atoms with Crippen molar-refractivity contribution in [1.82, 2.24) is 14.5 Å². The van der Waals surface area contributed by atoms with E-state index in [1.165, 1.54) is 15.4 Å². The Morgan fingerprint density at radius 2 is 1.80 bits per heavy atom. The van der Waals surface area contributed by atoms with Crippen molar-refractivity contribution in [3.63, 3.8) is 0 Å². The van der Waals surface area contributed by atoms with Crippen LogP contribution in [0.15, 0.2) is 29.3 Å². The zero-order valence-electron chi connectivity index (χ0n) is 15.8. The van der Waals surface area contributed by atoms with Crippen LogP contribution in [-0.4, -0.2) is 63.6 Å². The van der Waals surface area contributed by atoms with Gasteiger partial charge in [-0.1, -0.05) is 29.8 Å². The first-order valence-electron chi connectivity index (χ1n) is 8.21. The summed E-state index contributed by atoms with van der Waals surface area (Å²) in [6.07, 6.45) is 0.729. The molecular formula is C17H31IN4O2S. The van der Waals surface area contributed by atoms with Gasteiger partial charge >= 0.3 is 0 Å². The molecule has 0 atom stereocenters. The second-order valence-corrected chi connectivity index (χ2v) is 8.26. The molecule has 0 fully saturated rings. The predicted octanol–water partition coefficient (Wildman–Crippen LogP) is 2.29. The van der Waals surface area contributed by atoms with E-state index in [4.69, 9.17) is 0 Å². The van der Waals surface area contributed by atoms with E-state index < -0.39 is 10.0 Å². The summed E-state index contributed by atoms with van der Waals surface area (Å²) >= 11 is 0. The summed E-state index contributed by atoms with van der Waals surface area (Å²) in [6.45, 7) is 5.68. The van der Waals surface area contributed by atoms with E-state index in [2.05, 4.69) is 46.4 Å². The lowest BCUT2D eigenvalue weighted by atomic mass is 10.1. The maximum absolute atomic E-state index is 11.7. The van der Waals surface area contributed by atoms with E-state index in [0.29, 0.717) is 13.1 Å². The molecule has 25 heavy (non-hydrogen) atoms. The summed E-state index contributed by atoms with van der Waals surface area (Å²) in [5.74, 6) is 0.939. The van der Waals surface area contributed by atoms with E-state index in [-0.39, 0.29) is 29.7 Å². The third-order valence-corrected chi connectivity index (χ3v) is 5.75. The number of nitrogens with one attached hydrogen (secondary N) is 1. The van der Waals surface area contributed by atoms with Crippen LogP contribution in [0.5, 0.6) is 0 Å². The van der Waals surface area contributed by atoms with Crippen LogP contribution in [0.4, 0.5) is 0 Å². The molecule has 1 N–H and O–H groups in total. The van der Waals surface area contributed by atoms with Crippen LogP contribution < -0.4 is 5.32 Å². The Bertz CT molecular complexity index is 633. The van der Waals surface area contributed by atoms with Crippen molar-refractivity contribution in [2.45, 2.75) is 26.8 Å². The van der Waals surface area contributed by atoms with Crippen LogP contribution in [0.1, 0.15) is 24.5 Å². The lowest BCUT2D eigenvalue weighted by Crippen LogP contribution is -2.40. The number of guanidine groups is 1. The fourth-order valence-corrected chi connectivity index (χ4v) is 3.14. The Labute approximate surface area is 169 Å². The van der Waals surface area contributed by atoms with E-state index >= 15 is 0 Å². The first kappa shape index (κ1) is 24.1. The van der Waals surface area contributed by atoms with Crippen molar-refractivity contribution >= 4 is 40.0 Å². The lowest BCUT2D eigenvalue weighted by Gasteiger charge is -2.23. The van der Waals surface area contributed by atoms with Gasteiger partial charge in [0.25, 0.3) is 0 Å². The van der Waals surface area contributed by atoms with Crippen molar-refractivity contribution in [3.05, 3.63) is 35.4 Å². The number of aliphatic imine (C=N–C) groups is 1. The molecule has 144 valence electrons. The fourth-order valence-electron chi connectivity index (χ4n) is 2.29. The lowest BCUT2D eigenvalue weighted by molar-refractivity contribution is 0.450. The molecule has 0 aliphatic rings. The van der Waals surface area contributed by atoms with E-state index in [9.17, 15) is 8.42 Å². The zero-order chi connectivity index (χ0) is 18.2. The molecule has 1 aromatic carbocycles. The highest BCUT2D eigenvalue weighted by molar-refractivity contribution is 14.0. The second kappa shape index (κ2) is 11.7. The van der Waals surface area contributed by atoms with Gasteiger partial charge in [-0.15, -0.1) is 24.0 Å². The molecule has 0 radical (unpaired) electrons. The number of sulfonamides is 1. The normalized spacial score (nSPS) is 12.0. The Kier molecular flexibility index (Phi) is 11.3. The van der Waals surface area contributed by atoms with E-state index in [0.717, 1.165) is 18.9 Å². The molecule has 0 bridgehead atoms. The van der Waals surface area contributed by atoms with Crippen molar-refractivity contribution in [3.8, 4) is 0 Å². The molecular weight excluding hydrogens is 451 g/mol. The Morgan fingerprint density at radius 1 is 1.20 bits per heavy atom. The summed E-state index contributed by atoms with van der Waals surface area (Å²) < 4.78 is 24.8. The first-order chi connectivity index (χ1) is 11.3. The van der Waals surface area contributed by atoms with E-state index in [1.807, 2.05) is 7.05 Å². The van der Waals surface area contributed by atoms with Crippen LogP contribution in [0.3, 0.4) is 0 Å².